The van der Waals surface area contributed by atoms with Gasteiger partial charge in [-0.1, -0.05) is 78.3 Å². The van der Waals surface area contributed by atoms with Crippen molar-refractivity contribution in [3.63, 3.8) is 0 Å². The zero-order valence-corrected chi connectivity index (χ0v) is 22.1. The summed E-state index contributed by atoms with van der Waals surface area (Å²) in [5.41, 5.74) is 5.96. The van der Waals surface area contributed by atoms with Gasteiger partial charge in [-0.25, -0.2) is 4.79 Å². The fourth-order valence-corrected chi connectivity index (χ4v) is 5.89. The molecule has 1 amide bonds. The van der Waals surface area contributed by atoms with Gasteiger partial charge in [-0.3, -0.25) is 4.79 Å². The third-order valence-corrected chi connectivity index (χ3v) is 8.01. The first-order chi connectivity index (χ1) is 18.9. The highest BCUT2D eigenvalue weighted by Crippen LogP contribution is 2.34. The summed E-state index contributed by atoms with van der Waals surface area (Å²) < 4.78 is 6.17. The van der Waals surface area contributed by atoms with E-state index in [0.29, 0.717) is 5.02 Å². The van der Waals surface area contributed by atoms with Crippen LogP contribution < -0.4 is 10.1 Å². The molecule has 1 atom stereocenters. The number of carboxylic acids is 1. The zero-order valence-electron chi connectivity index (χ0n) is 21.3. The number of fused-ring (bicyclic) bond motifs is 2. The van der Waals surface area contributed by atoms with Crippen molar-refractivity contribution in [2.24, 2.45) is 0 Å². The van der Waals surface area contributed by atoms with Gasteiger partial charge in [0.2, 0.25) is 5.91 Å². The predicted octanol–water partition coefficient (Wildman–Crippen LogP) is 5.83. The summed E-state index contributed by atoms with van der Waals surface area (Å²) in [7, 11) is 0. The van der Waals surface area contributed by atoms with Crippen molar-refractivity contribution < 1.29 is 19.4 Å². The van der Waals surface area contributed by atoms with E-state index >= 15 is 0 Å². The topological polar surface area (TPSA) is 75.6 Å². The fourth-order valence-electron chi connectivity index (χ4n) is 5.77. The smallest absolute Gasteiger partial charge is 0.330 e. The maximum Gasteiger partial charge on any atom is 0.330 e. The molecule has 196 valence electrons. The summed E-state index contributed by atoms with van der Waals surface area (Å²) >= 11 is 6.02. The predicted molar refractivity (Wildman–Crippen MR) is 151 cm³/mol. The molecule has 0 spiro atoms. The third-order valence-electron chi connectivity index (χ3n) is 7.76. The van der Waals surface area contributed by atoms with Crippen LogP contribution in [0.3, 0.4) is 0 Å². The first-order valence-corrected chi connectivity index (χ1v) is 13.5. The summed E-state index contributed by atoms with van der Waals surface area (Å²) in [6, 6.07) is 29.4. The Morgan fingerprint density at radius 2 is 1.46 bits per heavy atom. The molecule has 2 aliphatic rings. The molecule has 0 radical (unpaired) electrons. The Kier molecular flexibility index (Phi) is 6.61. The third kappa shape index (κ3) is 5.27. The van der Waals surface area contributed by atoms with Crippen molar-refractivity contribution in [3.8, 4) is 16.9 Å². The van der Waals surface area contributed by atoms with Gasteiger partial charge in [0.25, 0.3) is 0 Å². The lowest BCUT2D eigenvalue weighted by Crippen LogP contribution is -2.55. The first kappa shape index (κ1) is 25.2. The van der Waals surface area contributed by atoms with Crippen LogP contribution in [0.4, 0.5) is 0 Å². The molecule has 0 aromatic heterocycles. The van der Waals surface area contributed by atoms with Crippen LogP contribution in [0.5, 0.6) is 5.75 Å². The quantitative estimate of drug-likeness (QED) is 0.311. The van der Waals surface area contributed by atoms with Gasteiger partial charge >= 0.3 is 5.97 Å². The standard InChI is InChI=1S/C33H28ClNO4/c34-28-11-9-22(10-12-28)25-7-8-26-19-33(32(37)38,20-27(26)16-25)35-31(36)15-21-5-13-29(14-6-21)39-30-17-23-3-1-2-4-24(23)18-30/h1-14,16,30H,15,17-20H2,(H,35,36)(H,37,38). The second-order valence-corrected chi connectivity index (χ2v) is 11.0. The molecule has 2 aliphatic carbocycles. The van der Waals surface area contributed by atoms with E-state index in [9.17, 15) is 14.7 Å². The number of carboxylic acid groups (broad SMARTS) is 1. The first-order valence-electron chi connectivity index (χ1n) is 13.1. The van der Waals surface area contributed by atoms with Crippen LogP contribution in [-0.4, -0.2) is 28.6 Å². The van der Waals surface area contributed by atoms with Crippen molar-refractivity contribution >= 4 is 23.5 Å². The Bertz CT molecular complexity index is 1520. The van der Waals surface area contributed by atoms with E-state index in [1.54, 1.807) is 0 Å². The molecule has 4 aromatic rings. The van der Waals surface area contributed by atoms with Crippen LogP contribution in [0.2, 0.25) is 5.02 Å². The second-order valence-electron chi connectivity index (χ2n) is 10.5. The zero-order chi connectivity index (χ0) is 27.0. The second kappa shape index (κ2) is 10.2. The average Bonchev–Trinajstić information content (AvgIpc) is 3.51. The number of halogens is 1. The van der Waals surface area contributed by atoms with Gasteiger partial charge in [-0.2, -0.15) is 0 Å². The molecule has 4 aromatic carbocycles. The van der Waals surface area contributed by atoms with Crippen molar-refractivity contribution in [1.29, 1.82) is 0 Å². The highest BCUT2D eigenvalue weighted by atomic mass is 35.5. The molecule has 1 unspecified atom stereocenters. The summed E-state index contributed by atoms with van der Waals surface area (Å²) in [4.78, 5) is 25.4. The molecular formula is C33H28ClNO4. The number of carbonyl (C=O) groups excluding carboxylic acids is 1. The molecule has 0 saturated heterocycles. The van der Waals surface area contributed by atoms with Crippen LogP contribution in [0.15, 0.2) is 91.0 Å². The number of hydrogen-bond donors (Lipinski definition) is 2. The van der Waals surface area contributed by atoms with E-state index in [2.05, 4.69) is 29.6 Å². The van der Waals surface area contributed by atoms with Crippen LogP contribution in [0, 0.1) is 0 Å². The molecule has 0 saturated carbocycles. The average molecular weight is 538 g/mol. The van der Waals surface area contributed by atoms with E-state index in [-0.39, 0.29) is 31.3 Å². The summed E-state index contributed by atoms with van der Waals surface area (Å²) in [6.45, 7) is 0. The Labute approximate surface area is 232 Å². The maximum absolute atomic E-state index is 13.0. The maximum atomic E-state index is 13.0. The Morgan fingerprint density at radius 3 is 2.13 bits per heavy atom. The van der Waals surface area contributed by atoms with E-state index in [1.165, 1.54) is 11.1 Å². The fraction of sp³-hybridized carbons (Fsp3) is 0.212. The molecular weight excluding hydrogens is 510 g/mol. The summed E-state index contributed by atoms with van der Waals surface area (Å²) in [6.07, 6.45) is 2.47. The SMILES string of the molecule is O=C(Cc1ccc(OC2Cc3ccccc3C2)cc1)NC1(C(=O)O)Cc2ccc(-c3ccc(Cl)cc3)cc2C1. The number of aliphatic carboxylic acids is 1. The Balaban J connectivity index is 1.09. The van der Waals surface area contributed by atoms with Crippen molar-refractivity contribution in [3.05, 3.63) is 124 Å². The molecule has 0 bridgehead atoms. The Hall–Kier alpha value is -4.09. The minimum absolute atomic E-state index is 0.0938. The highest BCUT2D eigenvalue weighted by Gasteiger charge is 2.45. The van der Waals surface area contributed by atoms with Crippen molar-refractivity contribution in [1.82, 2.24) is 5.32 Å². The van der Waals surface area contributed by atoms with Gasteiger partial charge in [0.15, 0.2) is 0 Å². The van der Waals surface area contributed by atoms with E-state index in [1.807, 2.05) is 66.7 Å². The molecule has 2 N–H and O–H groups in total. The minimum atomic E-state index is -1.36. The van der Waals surface area contributed by atoms with E-state index < -0.39 is 11.5 Å². The summed E-state index contributed by atoms with van der Waals surface area (Å²) in [5, 5.41) is 13.7. The lowest BCUT2D eigenvalue weighted by atomic mass is 9.95. The van der Waals surface area contributed by atoms with Gasteiger partial charge in [0, 0.05) is 30.7 Å². The number of ether oxygens (including phenoxy) is 1. The molecule has 0 aliphatic heterocycles. The highest BCUT2D eigenvalue weighted by molar-refractivity contribution is 6.30. The van der Waals surface area contributed by atoms with E-state index in [0.717, 1.165) is 46.4 Å². The van der Waals surface area contributed by atoms with Gasteiger partial charge in [0.1, 0.15) is 17.4 Å². The van der Waals surface area contributed by atoms with Gasteiger partial charge in [-0.05, 0) is 63.2 Å². The van der Waals surface area contributed by atoms with Crippen LogP contribution in [-0.2, 0) is 41.7 Å². The number of hydrogen-bond acceptors (Lipinski definition) is 3. The number of rotatable bonds is 7. The monoisotopic (exact) mass is 537 g/mol. The molecule has 5 nitrogen and oxygen atoms in total. The number of nitrogens with one attached hydrogen (secondary N) is 1. The van der Waals surface area contributed by atoms with Crippen LogP contribution >= 0.6 is 11.6 Å². The van der Waals surface area contributed by atoms with Crippen LogP contribution in [0.25, 0.3) is 11.1 Å². The lowest BCUT2D eigenvalue weighted by Gasteiger charge is -2.25. The molecule has 0 fully saturated rings. The Morgan fingerprint density at radius 1 is 0.821 bits per heavy atom. The summed E-state index contributed by atoms with van der Waals surface area (Å²) in [5.74, 6) is -0.578. The number of carbonyl (C=O) groups is 2. The molecule has 39 heavy (non-hydrogen) atoms. The number of benzene rings is 4. The molecule has 0 heterocycles. The van der Waals surface area contributed by atoms with Crippen molar-refractivity contribution in [2.45, 2.75) is 43.7 Å². The van der Waals surface area contributed by atoms with Gasteiger partial charge < -0.3 is 15.2 Å². The largest absolute Gasteiger partial charge is 0.490 e. The lowest BCUT2D eigenvalue weighted by molar-refractivity contribution is -0.147. The molecule has 6 heteroatoms. The van der Waals surface area contributed by atoms with Gasteiger partial charge in [-0.15, -0.1) is 0 Å². The number of amides is 1. The van der Waals surface area contributed by atoms with Crippen LogP contribution in [0.1, 0.15) is 27.8 Å². The normalized spacial score (nSPS) is 17.9. The minimum Gasteiger partial charge on any atom is -0.490 e. The molecule has 6 rings (SSSR count). The van der Waals surface area contributed by atoms with Crippen molar-refractivity contribution in [2.75, 3.05) is 0 Å². The van der Waals surface area contributed by atoms with Gasteiger partial charge in [0.05, 0.1) is 6.42 Å². The van der Waals surface area contributed by atoms with E-state index in [4.69, 9.17) is 16.3 Å².